The Labute approximate surface area is 107 Å². The van der Waals surface area contributed by atoms with Crippen molar-refractivity contribution < 1.29 is 9.84 Å². The van der Waals surface area contributed by atoms with Gasteiger partial charge in [0.2, 0.25) is 0 Å². The van der Waals surface area contributed by atoms with Gasteiger partial charge < -0.3 is 15.2 Å². The van der Waals surface area contributed by atoms with E-state index in [1.54, 1.807) is 0 Å². The Morgan fingerprint density at radius 1 is 1.44 bits per heavy atom. The van der Waals surface area contributed by atoms with Crippen molar-refractivity contribution in [2.45, 2.75) is 31.3 Å². The first-order chi connectivity index (χ1) is 7.68. The van der Waals surface area contributed by atoms with E-state index in [-0.39, 0.29) is 12.2 Å². The van der Waals surface area contributed by atoms with Crippen molar-refractivity contribution in [3.63, 3.8) is 0 Å². The Bertz CT molecular complexity index is 175. The number of thioether (sulfide) groups is 2. The van der Waals surface area contributed by atoms with Crippen molar-refractivity contribution in [1.29, 1.82) is 0 Å². The number of hydrogen-bond acceptors (Lipinski definition) is 5. The van der Waals surface area contributed by atoms with Gasteiger partial charge in [0.1, 0.15) is 0 Å². The molecule has 0 bridgehead atoms. The molecule has 0 saturated carbocycles. The van der Waals surface area contributed by atoms with Gasteiger partial charge in [0.05, 0.1) is 18.8 Å². The van der Waals surface area contributed by atoms with E-state index in [4.69, 9.17) is 4.74 Å². The molecule has 2 atom stereocenters. The van der Waals surface area contributed by atoms with Crippen molar-refractivity contribution in [2.75, 3.05) is 37.0 Å². The van der Waals surface area contributed by atoms with Crippen molar-refractivity contribution in [1.82, 2.24) is 5.32 Å². The number of aliphatic hydroxyl groups excluding tert-OH is 1. The van der Waals surface area contributed by atoms with Crippen LogP contribution in [0.5, 0.6) is 0 Å². The lowest BCUT2D eigenvalue weighted by Gasteiger charge is -2.22. The highest BCUT2D eigenvalue weighted by atomic mass is 32.2. The second-order valence-corrected chi connectivity index (χ2v) is 6.82. The molecule has 5 heteroatoms. The first-order valence-corrected chi connectivity index (χ1v) is 8.08. The minimum absolute atomic E-state index is 0.194. The van der Waals surface area contributed by atoms with Crippen LogP contribution in [0, 0.1) is 0 Å². The number of aliphatic hydroxyl groups is 1. The Balaban J connectivity index is 1.96. The maximum absolute atomic E-state index is 9.63. The van der Waals surface area contributed by atoms with Crippen LogP contribution in [0.15, 0.2) is 0 Å². The molecule has 0 aromatic rings. The van der Waals surface area contributed by atoms with Gasteiger partial charge in [-0.25, -0.2) is 0 Å². The standard InChI is InChI=1S/C11H23NO2S2/c1-9(2)14-7-10(13)5-12-6-11-8-15-3-4-16-11/h9-13H,3-8H2,1-2H3. The summed E-state index contributed by atoms with van der Waals surface area (Å²) in [7, 11) is 0. The maximum Gasteiger partial charge on any atom is 0.0897 e. The topological polar surface area (TPSA) is 41.5 Å². The Morgan fingerprint density at radius 3 is 2.88 bits per heavy atom. The van der Waals surface area contributed by atoms with Crippen LogP contribution in [0.1, 0.15) is 13.8 Å². The number of nitrogens with one attached hydrogen (secondary N) is 1. The molecule has 0 spiro atoms. The molecule has 0 radical (unpaired) electrons. The van der Waals surface area contributed by atoms with Gasteiger partial charge in [-0.05, 0) is 13.8 Å². The molecule has 16 heavy (non-hydrogen) atoms. The smallest absolute Gasteiger partial charge is 0.0897 e. The molecule has 96 valence electrons. The predicted molar refractivity (Wildman–Crippen MR) is 73.5 cm³/mol. The normalized spacial score (nSPS) is 23.6. The summed E-state index contributed by atoms with van der Waals surface area (Å²) < 4.78 is 5.35. The third kappa shape index (κ3) is 7.01. The molecule has 1 saturated heterocycles. The molecule has 1 aliphatic rings. The van der Waals surface area contributed by atoms with Crippen LogP contribution in [-0.2, 0) is 4.74 Å². The highest BCUT2D eigenvalue weighted by molar-refractivity contribution is 8.06. The molecule has 3 nitrogen and oxygen atoms in total. The van der Waals surface area contributed by atoms with Gasteiger partial charge in [-0.3, -0.25) is 0 Å². The molecule has 0 aromatic carbocycles. The third-order valence-corrected chi connectivity index (χ3v) is 5.10. The fraction of sp³-hybridized carbons (Fsp3) is 1.00. The highest BCUT2D eigenvalue weighted by Crippen LogP contribution is 2.23. The van der Waals surface area contributed by atoms with E-state index in [0.717, 1.165) is 6.54 Å². The summed E-state index contributed by atoms with van der Waals surface area (Å²) in [5.41, 5.74) is 0. The minimum Gasteiger partial charge on any atom is -0.389 e. The molecule has 1 rings (SSSR count). The monoisotopic (exact) mass is 265 g/mol. The van der Waals surface area contributed by atoms with Crippen LogP contribution in [-0.4, -0.2) is 59.5 Å². The molecule has 0 amide bonds. The molecular weight excluding hydrogens is 242 g/mol. The molecule has 0 aliphatic carbocycles. The van der Waals surface area contributed by atoms with Gasteiger partial charge in [-0.2, -0.15) is 23.5 Å². The highest BCUT2D eigenvalue weighted by Gasteiger charge is 2.14. The Hall–Kier alpha value is 0.580. The van der Waals surface area contributed by atoms with Gasteiger partial charge in [0.25, 0.3) is 0 Å². The molecule has 2 N–H and O–H groups in total. The van der Waals surface area contributed by atoms with Gasteiger partial charge in [0.15, 0.2) is 0 Å². The summed E-state index contributed by atoms with van der Waals surface area (Å²) in [5.74, 6) is 3.78. The molecule has 1 heterocycles. The Morgan fingerprint density at radius 2 is 2.25 bits per heavy atom. The van der Waals surface area contributed by atoms with Crippen molar-refractivity contribution >= 4 is 23.5 Å². The quantitative estimate of drug-likeness (QED) is 0.724. The second-order valence-electron chi connectivity index (χ2n) is 4.26. The van der Waals surface area contributed by atoms with Gasteiger partial charge in [-0.1, -0.05) is 0 Å². The molecule has 0 aromatic heterocycles. The maximum atomic E-state index is 9.63. The van der Waals surface area contributed by atoms with Gasteiger partial charge >= 0.3 is 0 Å². The van der Waals surface area contributed by atoms with Crippen LogP contribution >= 0.6 is 23.5 Å². The summed E-state index contributed by atoms with van der Waals surface area (Å²) in [6.07, 6.45) is -0.191. The van der Waals surface area contributed by atoms with Gasteiger partial charge in [0, 0.05) is 35.6 Å². The zero-order valence-corrected chi connectivity index (χ0v) is 11.8. The van der Waals surface area contributed by atoms with Crippen LogP contribution in [0.2, 0.25) is 0 Å². The fourth-order valence-electron chi connectivity index (χ4n) is 1.43. The fourth-order valence-corrected chi connectivity index (χ4v) is 4.07. The largest absolute Gasteiger partial charge is 0.389 e. The lowest BCUT2D eigenvalue weighted by molar-refractivity contribution is 0.00653. The first kappa shape index (κ1) is 14.6. The lowest BCUT2D eigenvalue weighted by Crippen LogP contribution is -2.36. The second kappa shape index (κ2) is 8.64. The van der Waals surface area contributed by atoms with E-state index in [2.05, 4.69) is 5.32 Å². The summed E-state index contributed by atoms with van der Waals surface area (Å²) in [6, 6.07) is 0. The average molecular weight is 265 g/mol. The van der Waals surface area contributed by atoms with Crippen molar-refractivity contribution in [3.8, 4) is 0 Å². The van der Waals surface area contributed by atoms with Gasteiger partial charge in [-0.15, -0.1) is 0 Å². The van der Waals surface area contributed by atoms with Crippen LogP contribution in [0.25, 0.3) is 0 Å². The van der Waals surface area contributed by atoms with Crippen LogP contribution in [0.4, 0.5) is 0 Å². The number of rotatable bonds is 7. The van der Waals surface area contributed by atoms with E-state index in [0.29, 0.717) is 18.4 Å². The van der Waals surface area contributed by atoms with E-state index < -0.39 is 0 Å². The zero-order valence-electron chi connectivity index (χ0n) is 10.1. The summed E-state index contributed by atoms with van der Waals surface area (Å²) in [6.45, 7) is 6.02. The lowest BCUT2D eigenvalue weighted by atomic mass is 10.3. The summed E-state index contributed by atoms with van der Waals surface area (Å²) in [4.78, 5) is 0. The van der Waals surface area contributed by atoms with Crippen LogP contribution < -0.4 is 5.32 Å². The van der Waals surface area contributed by atoms with E-state index in [1.807, 2.05) is 37.4 Å². The zero-order chi connectivity index (χ0) is 11.8. The number of ether oxygens (including phenoxy) is 1. The first-order valence-electron chi connectivity index (χ1n) is 5.88. The minimum atomic E-state index is -0.386. The molecular formula is C11H23NO2S2. The van der Waals surface area contributed by atoms with Crippen molar-refractivity contribution in [2.24, 2.45) is 0 Å². The Kier molecular flexibility index (Phi) is 7.90. The van der Waals surface area contributed by atoms with E-state index in [1.165, 1.54) is 17.3 Å². The summed E-state index contributed by atoms with van der Waals surface area (Å²) in [5, 5.41) is 13.6. The van der Waals surface area contributed by atoms with E-state index >= 15 is 0 Å². The molecule has 1 aliphatic heterocycles. The van der Waals surface area contributed by atoms with Crippen molar-refractivity contribution in [3.05, 3.63) is 0 Å². The number of hydrogen-bond donors (Lipinski definition) is 2. The molecule has 1 fully saturated rings. The van der Waals surface area contributed by atoms with Crippen LogP contribution in [0.3, 0.4) is 0 Å². The van der Waals surface area contributed by atoms with E-state index in [9.17, 15) is 5.11 Å². The molecule has 2 unspecified atom stereocenters. The predicted octanol–water partition coefficient (Wildman–Crippen LogP) is 1.21. The average Bonchev–Trinajstić information content (AvgIpc) is 2.28. The summed E-state index contributed by atoms with van der Waals surface area (Å²) >= 11 is 4.06. The SMILES string of the molecule is CC(C)OCC(O)CNCC1CSCCS1. The third-order valence-electron chi connectivity index (χ3n) is 2.26.